The van der Waals surface area contributed by atoms with Crippen LogP contribution in [0, 0.1) is 20.8 Å². The van der Waals surface area contributed by atoms with Gasteiger partial charge in [0.25, 0.3) is 5.91 Å². The van der Waals surface area contributed by atoms with E-state index in [-0.39, 0.29) is 5.91 Å². The Bertz CT molecular complexity index is 1370. The molecule has 1 amide bonds. The van der Waals surface area contributed by atoms with Crippen LogP contribution < -0.4 is 4.74 Å². The van der Waals surface area contributed by atoms with Crippen LogP contribution >= 0.6 is 0 Å². The maximum absolute atomic E-state index is 13.2. The van der Waals surface area contributed by atoms with E-state index in [0.29, 0.717) is 55.8 Å². The fourth-order valence-electron chi connectivity index (χ4n) is 4.34. The van der Waals surface area contributed by atoms with Gasteiger partial charge in [-0.15, -0.1) is 5.10 Å². The Morgan fingerprint density at radius 2 is 1.75 bits per heavy atom. The zero-order chi connectivity index (χ0) is 25.2. The monoisotopic (exact) mass is 487 g/mol. The average molecular weight is 488 g/mol. The van der Waals surface area contributed by atoms with Gasteiger partial charge in [-0.25, -0.2) is 0 Å². The van der Waals surface area contributed by atoms with Crippen molar-refractivity contribution in [3.8, 4) is 22.8 Å². The van der Waals surface area contributed by atoms with E-state index < -0.39 is 0 Å². The van der Waals surface area contributed by atoms with E-state index >= 15 is 0 Å². The normalized spacial score (nSPS) is 14.3. The molecule has 1 fully saturated rings. The van der Waals surface area contributed by atoms with Crippen LogP contribution in [0.2, 0.25) is 0 Å². The van der Waals surface area contributed by atoms with Crippen LogP contribution in [0.5, 0.6) is 5.75 Å². The first kappa shape index (κ1) is 23.7. The van der Waals surface area contributed by atoms with Crippen molar-refractivity contribution in [1.82, 2.24) is 34.9 Å². The van der Waals surface area contributed by atoms with E-state index in [0.717, 1.165) is 22.6 Å². The van der Waals surface area contributed by atoms with Gasteiger partial charge in [0, 0.05) is 31.7 Å². The SMILES string of the molecule is COc1ccc(-c2noc(CN3CCN(C(=O)c4nn(-c5ccc(C)cc5C)nc4C)CC3)n2)cc1. The number of carbonyl (C=O) groups is 1. The third-order valence-electron chi connectivity index (χ3n) is 6.39. The Hall–Kier alpha value is -4.05. The minimum absolute atomic E-state index is 0.0947. The number of amides is 1. The molecule has 0 saturated carbocycles. The lowest BCUT2D eigenvalue weighted by Crippen LogP contribution is -2.48. The standard InChI is InChI=1S/C26H29N7O3/c1-17-5-10-22(18(2)15-17)33-28-19(3)24(29-33)26(34)32-13-11-31(12-14-32)16-23-27-25(30-36-23)20-6-8-21(35-4)9-7-20/h5-10,15H,11-14,16H2,1-4H3. The Balaban J connectivity index is 1.19. The minimum atomic E-state index is -0.0947. The summed E-state index contributed by atoms with van der Waals surface area (Å²) >= 11 is 0. The van der Waals surface area contributed by atoms with Gasteiger partial charge in [0.05, 0.1) is 25.0 Å². The summed E-state index contributed by atoms with van der Waals surface area (Å²) in [7, 11) is 1.63. The van der Waals surface area contributed by atoms with Crippen LogP contribution in [0.3, 0.4) is 0 Å². The molecule has 2 aromatic heterocycles. The molecule has 186 valence electrons. The van der Waals surface area contributed by atoms with Gasteiger partial charge >= 0.3 is 0 Å². The largest absolute Gasteiger partial charge is 0.497 e. The Kier molecular flexibility index (Phi) is 6.51. The average Bonchev–Trinajstić information content (AvgIpc) is 3.51. The fraction of sp³-hybridized carbons (Fsp3) is 0.346. The predicted octanol–water partition coefficient (Wildman–Crippen LogP) is 3.21. The number of piperazine rings is 1. The van der Waals surface area contributed by atoms with E-state index in [1.807, 2.05) is 62.1 Å². The maximum atomic E-state index is 13.2. The van der Waals surface area contributed by atoms with E-state index in [2.05, 4.69) is 31.3 Å². The minimum Gasteiger partial charge on any atom is -0.497 e. The molecular weight excluding hydrogens is 458 g/mol. The van der Waals surface area contributed by atoms with Crippen LogP contribution in [0.15, 0.2) is 47.0 Å². The molecule has 36 heavy (non-hydrogen) atoms. The topological polar surface area (TPSA) is 102 Å². The zero-order valence-electron chi connectivity index (χ0n) is 20.9. The summed E-state index contributed by atoms with van der Waals surface area (Å²) in [5, 5.41) is 13.1. The second-order valence-electron chi connectivity index (χ2n) is 9.02. The molecule has 0 radical (unpaired) electrons. The van der Waals surface area contributed by atoms with Crippen molar-refractivity contribution in [3.63, 3.8) is 0 Å². The number of nitrogens with zero attached hydrogens (tertiary/aromatic N) is 7. The predicted molar refractivity (Wildman–Crippen MR) is 133 cm³/mol. The first-order chi connectivity index (χ1) is 17.4. The second-order valence-corrected chi connectivity index (χ2v) is 9.02. The highest BCUT2D eigenvalue weighted by Crippen LogP contribution is 2.21. The molecule has 0 spiro atoms. The van der Waals surface area contributed by atoms with Gasteiger partial charge in [0.2, 0.25) is 11.7 Å². The molecule has 0 unspecified atom stereocenters. The molecule has 0 atom stereocenters. The third-order valence-corrected chi connectivity index (χ3v) is 6.39. The van der Waals surface area contributed by atoms with Crippen LogP contribution in [0.25, 0.3) is 17.1 Å². The number of aromatic nitrogens is 5. The van der Waals surface area contributed by atoms with Crippen LogP contribution in [-0.2, 0) is 6.54 Å². The van der Waals surface area contributed by atoms with Gasteiger partial charge in [-0.2, -0.15) is 14.9 Å². The number of hydrogen-bond acceptors (Lipinski definition) is 8. The molecule has 0 N–H and O–H groups in total. The first-order valence-electron chi connectivity index (χ1n) is 11.9. The summed E-state index contributed by atoms with van der Waals surface area (Å²) < 4.78 is 10.7. The summed E-state index contributed by atoms with van der Waals surface area (Å²) in [6.07, 6.45) is 0. The highest BCUT2D eigenvalue weighted by molar-refractivity contribution is 5.93. The summed E-state index contributed by atoms with van der Waals surface area (Å²) in [5.41, 5.74) is 5.00. The van der Waals surface area contributed by atoms with Gasteiger partial charge in [-0.3, -0.25) is 9.69 Å². The summed E-state index contributed by atoms with van der Waals surface area (Å²) in [6, 6.07) is 13.6. The van der Waals surface area contributed by atoms with E-state index in [1.165, 1.54) is 5.56 Å². The highest BCUT2D eigenvalue weighted by Gasteiger charge is 2.27. The number of hydrogen-bond donors (Lipinski definition) is 0. The smallest absolute Gasteiger partial charge is 0.276 e. The maximum Gasteiger partial charge on any atom is 0.276 e. The van der Waals surface area contributed by atoms with E-state index in [4.69, 9.17) is 9.26 Å². The number of ether oxygens (including phenoxy) is 1. The lowest BCUT2D eigenvalue weighted by molar-refractivity contribution is 0.0608. The Morgan fingerprint density at radius 1 is 1.00 bits per heavy atom. The molecule has 1 aliphatic rings. The van der Waals surface area contributed by atoms with Crippen molar-refractivity contribution in [2.24, 2.45) is 0 Å². The second kappa shape index (κ2) is 9.90. The zero-order valence-corrected chi connectivity index (χ0v) is 20.9. The van der Waals surface area contributed by atoms with Crippen molar-refractivity contribution < 1.29 is 14.1 Å². The molecular formula is C26H29N7O3. The van der Waals surface area contributed by atoms with Crippen molar-refractivity contribution >= 4 is 5.91 Å². The Labute approximate surface area is 209 Å². The molecule has 0 aliphatic carbocycles. The van der Waals surface area contributed by atoms with Crippen LogP contribution in [0.1, 0.15) is 33.2 Å². The Morgan fingerprint density at radius 3 is 2.44 bits per heavy atom. The first-order valence-corrected chi connectivity index (χ1v) is 11.9. The van der Waals surface area contributed by atoms with Gasteiger partial charge in [0.15, 0.2) is 5.69 Å². The number of rotatable bonds is 6. The third kappa shape index (κ3) is 4.85. The molecule has 0 bridgehead atoms. The summed E-state index contributed by atoms with van der Waals surface area (Å²) in [6.45, 7) is 9.02. The number of benzene rings is 2. The summed E-state index contributed by atoms with van der Waals surface area (Å²) in [5.74, 6) is 1.78. The molecule has 10 nitrogen and oxygen atoms in total. The molecule has 10 heteroatoms. The van der Waals surface area contributed by atoms with E-state index in [1.54, 1.807) is 11.9 Å². The molecule has 5 rings (SSSR count). The van der Waals surface area contributed by atoms with Crippen molar-refractivity contribution in [2.75, 3.05) is 33.3 Å². The molecule has 1 saturated heterocycles. The van der Waals surface area contributed by atoms with Gasteiger partial charge in [-0.1, -0.05) is 22.9 Å². The fourth-order valence-corrected chi connectivity index (χ4v) is 4.34. The quantitative estimate of drug-likeness (QED) is 0.409. The number of methoxy groups -OCH3 is 1. The van der Waals surface area contributed by atoms with Crippen LogP contribution in [0.4, 0.5) is 0 Å². The van der Waals surface area contributed by atoms with Crippen molar-refractivity contribution in [3.05, 3.63) is 70.9 Å². The molecule has 4 aromatic rings. The van der Waals surface area contributed by atoms with Gasteiger partial charge < -0.3 is 14.2 Å². The highest BCUT2D eigenvalue weighted by atomic mass is 16.5. The molecule has 3 heterocycles. The number of aryl methyl sites for hydroxylation is 3. The van der Waals surface area contributed by atoms with Crippen LogP contribution in [-0.4, -0.2) is 74.1 Å². The number of carbonyl (C=O) groups excluding carboxylic acids is 1. The molecule has 1 aliphatic heterocycles. The van der Waals surface area contributed by atoms with Gasteiger partial charge in [0.1, 0.15) is 5.75 Å². The van der Waals surface area contributed by atoms with E-state index in [9.17, 15) is 4.79 Å². The lowest BCUT2D eigenvalue weighted by Gasteiger charge is -2.33. The van der Waals surface area contributed by atoms with Crippen molar-refractivity contribution in [1.29, 1.82) is 0 Å². The molecule has 2 aromatic carbocycles. The lowest BCUT2D eigenvalue weighted by atomic mass is 10.1. The summed E-state index contributed by atoms with van der Waals surface area (Å²) in [4.78, 5) is 23.3. The van der Waals surface area contributed by atoms with Crippen molar-refractivity contribution in [2.45, 2.75) is 27.3 Å². The van der Waals surface area contributed by atoms with Gasteiger partial charge in [-0.05, 0) is 56.7 Å².